The average molecular weight is 287 g/mol. The zero-order valence-electron chi connectivity index (χ0n) is 12.1. The first-order valence-electron chi connectivity index (χ1n) is 8.05. The van der Waals surface area contributed by atoms with E-state index in [4.69, 9.17) is 16.3 Å². The molecule has 2 rings (SSSR count). The lowest BCUT2D eigenvalue weighted by molar-refractivity contribution is 0.0620. The molecule has 0 spiro atoms. The first-order valence-corrected chi connectivity index (χ1v) is 8.43. The molecule has 0 unspecified atom stereocenters. The first-order chi connectivity index (χ1) is 9.19. The fourth-order valence-corrected chi connectivity index (χ4v) is 4.29. The van der Waals surface area contributed by atoms with Gasteiger partial charge in [0.2, 0.25) is 0 Å². The lowest BCUT2D eigenvalue weighted by Gasteiger charge is -2.37. The van der Waals surface area contributed by atoms with Crippen LogP contribution in [0.2, 0.25) is 0 Å². The highest BCUT2D eigenvalue weighted by Crippen LogP contribution is 2.41. The Morgan fingerprint density at radius 2 is 1.53 bits per heavy atom. The standard InChI is InChI=1S/C16H27ClO2/c1-2-3-12-4-6-13(7-5-12)14-8-10-15(11-9-14)19-16(17)18/h12-15H,2-11H2,1H3. The second-order valence-electron chi connectivity index (χ2n) is 6.46. The summed E-state index contributed by atoms with van der Waals surface area (Å²) in [4.78, 5) is 10.7. The van der Waals surface area contributed by atoms with Crippen molar-refractivity contribution in [3.8, 4) is 0 Å². The van der Waals surface area contributed by atoms with Crippen molar-refractivity contribution in [1.82, 2.24) is 0 Å². The zero-order chi connectivity index (χ0) is 13.7. The van der Waals surface area contributed by atoms with Crippen molar-refractivity contribution in [2.24, 2.45) is 17.8 Å². The largest absolute Gasteiger partial charge is 0.450 e. The Hall–Kier alpha value is -0.240. The van der Waals surface area contributed by atoms with Gasteiger partial charge in [0.1, 0.15) is 6.10 Å². The van der Waals surface area contributed by atoms with E-state index in [0.29, 0.717) is 0 Å². The maximum absolute atomic E-state index is 10.7. The van der Waals surface area contributed by atoms with Gasteiger partial charge in [-0.2, -0.15) is 0 Å². The summed E-state index contributed by atoms with van der Waals surface area (Å²) in [5.74, 6) is 2.79. The minimum absolute atomic E-state index is 0.0812. The number of hydrogen-bond donors (Lipinski definition) is 0. The van der Waals surface area contributed by atoms with Crippen LogP contribution in [0.25, 0.3) is 0 Å². The lowest BCUT2D eigenvalue weighted by atomic mass is 9.70. The van der Waals surface area contributed by atoms with Gasteiger partial charge in [-0.25, -0.2) is 4.79 Å². The Morgan fingerprint density at radius 3 is 2.00 bits per heavy atom. The Labute approximate surface area is 122 Å². The molecule has 0 heterocycles. The Balaban J connectivity index is 1.69. The van der Waals surface area contributed by atoms with Gasteiger partial charge in [-0.3, -0.25) is 0 Å². The fourth-order valence-electron chi connectivity index (χ4n) is 4.17. The highest BCUT2D eigenvalue weighted by Gasteiger charge is 2.31. The second kappa shape index (κ2) is 7.52. The molecule has 110 valence electrons. The molecule has 2 aliphatic carbocycles. The van der Waals surface area contributed by atoms with Crippen LogP contribution in [-0.4, -0.2) is 11.5 Å². The van der Waals surface area contributed by atoms with Crippen molar-refractivity contribution in [1.29, 1.82) is 0 Å². The van der Waals surface area contributed by atoms with E-state index in [9.17, 15) is 4.79 Å². The van der Waals surface area contributed by atoms with Crippen LogP contribution in [0.5, 0.6) is 0 Å². The van der Waals surface area contributed by atoms with E-state index in [0.717, 1.165) is 30.6 Å². The van der Waals surface area contributed by atoms with Crippen molar-refractivity contribution < 1.29 is 9.53 Å². The topological polar surface area (TPSA) is 26.3 Å². The molecule has 2 aliphatic rings. The molecule has 0 saturated heterocycles. The molecule has 0 radical (unpaired) electrons. The van der Waals surface area contributed by atoms with Gasteiger partial charge in [0, 0.05) is 11.6 Å². The van der Waals surface area contributed by atoms with E-state index in [1.54, 1.807) is 0 Å². The van der Waals surface area contributed by atoms with Crippen LogP contribution in [-0.2, 0) is 4.74 Å². The summed E-state index contributed by atoms with van der Waals surface area (Å²) < 4.78 is 5.10. The van der Waals surface area contributed by atoms with Crippen molar-refractivity contribution in [2.45, 2.75) is 77.2 Å². The fraction of sp³-hybridized carbons (Fsp3) is 0.938. The van der Waals surface area contributed by atoms with Gasteiger partial charge in [0.15, 0.2) is 0 Å². The van der Waals surface area contributed by atoms with Gasteiger partial charge in [-0.1, -0.05) is 32.6 Å². The molecule has 0 aliphatic heterocycles. The van der Waals surface area contributed by atoms with Crippen molar-refractivity contribution in [3.05, 3.63) is 0 Å². The molecule has 0 atom stereocenters. The number of halogens is 1. The summed E-state index contributed by atoms with van der Waals surface area (Å²) in [5.41, 5.74) is -0.636. The quantitative estimate of drug-likeness (QED) is 0.635. The highest BCUT2D eigenvalue weighted by molar-refractivity contribution is 6.61. The third kappa shape index (κ3) is 4.66. The smallest absolute Gasteiger partial charge is 0.404 e. The Kier molecular flexibility index (Phi) is 6.00. The normalized spacial score (nSPS) is 35.9. The molecular formula is C16H27ClO2. The van der Waals surface area contributed by atoms with E-state index >= 15 is 0 Å². The van der Waals surface area contributed by atoms with Gasteiger partial charge in [0.05, 0.1) is 0 Å². The monoisotopic (exact) mass is 286 g/mol. The summed E-state index contributed by atoms with van der Waals surface area (Å²) in [6.45, 7) is 2.30. The molecular weight excluding hydrogens is 260 g/mol. The summed E-state index contributed by atoms with van der Waals surface area (Å²) in [5, 5.41) is 0. The van der Waals surface area contributed by atoms with Crippen LogP contribution in [0.1, 0.15) is 71.1 Å². The van der Waals surface area contributed by atoms with Crippen LogP contribution in [0, 0.1) is 17.8 Å². The summed E-state index contributed by atoms with van der Waals surface area (Å²) in [7, 11) is 0. The maximum atomic E-state index is 10.7. The third-order valence-corrected chi connectivity index (χ3v) is 5.32. The minimum Gasteiger partial charge on any atom is -0.450 e. The van der Waals surface area contributed by atoms with Gasteiger partial charge in [0.25, 0.3) is 0 Å². The number of carbonyl (C=O) groups is 1. The highest BCUT2D eigenvalue weighted by atomic mass is 35.5. The van der Waals surface area contributed by atoms with Crippen LogP contribution < -0.4 is 0 Å². The molecule has 2 saturated carbocycles. The number of ether oxygens (including phenoxy) is 1. The molecule has 2 nitrogen and oxygen atoms in total. The van der Waals surface area contributed by atoms with Crippen LogP contribution in [0.4, 0.5) is 4.79 Å². The van der Waals surface area contributed by atoms with Crippen molar-refractivity contribution in [2.75, 3.05) is 0 Å². The molecule has 0 bridgehead atoms. The van der Waals surface area contributed by atoms with Crippen LogP contribution >= 0.6 is 11.6 Å². The molecule has 0 aromatic rings. The molecule has 0 aromatic carbocycles. The molecule has 0 amide bonds. The van der Waals surface area contributed by atoms with E-state index in [1.165, 1.54) is 51.4 Å². The lowest BCUT2D eigenvalue weighted by Crippen LogP contribution is -2.29. The van der Waals surface area contributed by atoms with Gasteiger partial charge >= 0.3 is 5.43 Å². The summed E-state index contributed by atoms with van der Waals surface area (Å²) >= 11 is 5.28. The predicted molar refractivity (Wildman–Crippen MR) is 78.4 cm³/mol. The van der Waals surface area contributed by atoms with E-state index in [2.05, 4.69) is 6.92 Å². The molecule has 2 fully saturated rings. The molecule has 0 N–H and O–H groups in total. The Bertz CT molecular complexity index is 276. The zero-order valence-corrected chi connectivity index (χ0v) is 12.8. The number of carbonyl (C=O) groups excluding carboxylic acids is 1. The number of hydrogen-bond acceptors (Lipinski definition) is 2. The second-order valence-corrected chi connectivity index (χ2v) is 6.77. The first kappa shape index (κ1) is 15.2. The number of rotatable bonds is 4. The molecule has 3 heteroatoms. The summed E-state index contributed by atoms with van der Waals surface area (Å²) in [6.07, 6.45) is 13.0. The predicted octanol–water partition coefficient (Wildman–Crippen LogP) is 5.53. The molecule has 0 aromatic heterocycles. The van der Waals surface area contributed by atoms with Gasteiger partial charge in [-0.05, 0) is 56.3 Å². The van der Waals surface area contributed by atoms with Crippen molar-refractivity contribution in [3.63, 3.8) is 0 Å². The van der Waals surface area contributed by atoms with Gasteiger partial charge < -0.3 is 4.74 Å². The maximum Gasteiger partial charge on any atom is 0.404 e. The van der Waals surface area contributed by atoms with Crippen LogP contribution in [0.15, 0.2) is 0 Å². The van der Waals surface area contributed by atoms with E-state index < -0.39 is 5.43 Å². The Morgan fingerprint density at radius 1 is 1.00 bits per heavy atom. The SMILES string of the molecule is CCCC1CCC(C2CCC(OC(=O)Cl)CC2)CC1. The summed E-state index contributed by atoms with van der Waals surface area (Å²) in [6, 6.07) is 0. The van der Waals surface area contributed by atoms with E-state index in [1.807, 2.05) is 0 Å². The third-order valence-electron chi connectivity index (χ3n) is 5.23. The van der Waals surface area contributed by atoms with Crippen molar-refractivity contribution >= 4 is 17.0 Å². The molecule has 19 heavy (non-hydrogen) atoms. The van der Waals surface area contributed by atoms with Crippen LogP contribution in [0.3, 0.4) is 0 Å². The van der Waals surface area contributed by atoms with E-state index in [-0.39, 0.29) is 6.10 Å². The average Bonchev–Trinajstić information content (AvgIpc) is 2.40. The minimum atomic E-state index is -0.636. The van der Waals surface area contributed by atoms with Gasteiger partial charge in [-0.15, -0.1) is 0 Å².